The lowest BCUT2D eigenvalue weighted by molar-refractivity contribution is 0.646. The van der Waals surface area contributed by atoms with Crippen molar-refractivity contribution in [1.82, 2.24) is 0 Å². The molecule has 0 aliphatic carbocycles. The van der Waals surface area contributed by atoms with Crippen LogP contribution in [0.1, 0.15) is 31.4 Å². The summed E-state index contributed by atoms with van der Waals surface area (Å²) in [6, 6.07) is 7.15. The molecule has 0 saturated carbocycles. The predicted molar refractivity (Wildman–Crippen MR) is 87.3 cm³/mol. The van der Waals surface area contributed by atoms with E-state index in [2.05, 4.69) is 55.6 Å². The second-order valence-electron chi connectivity index (χ2n) is 5.62. The summed E-state index contributed by atoms with van der Waals surface area (Å²) in [6.07, 6.45) is 2.03. The Morgan fingerprint density at radius 1 is 1.47 bits per heavy atom. The fraction of sp³-hybridized carbons (Fsp3) is 0.625. The Kier molecular flexibility index (Phi) is 5.17. The molecule has 1 heterocycles. The first-order valence-corrected chi connectivity index (χ1v) is 8.36. The molecule has 1 aromatic carbocycles. The van der Waals surface area contributed by atoms with E-state index in [4.69, 9.17) is 5.73 Å². The van der Waals surface area contributed by atoms with Gasteiger partial charge in [-0.25, -0.2) is 0 Å². The molecule has 0 aromatic heterocycles. The van der Waals surface area contributed by atoms with E-state index in [1.807, 2.05) is 0 Å². The van der Waals surface area contributed by atoms with Crippen LogP contribution in [0.5, 0.6) is 0 Å². The number of nitrogens with two attached hydrogens (primary N) is 1. The van der Waals surface area contributed by atoms with Gasteiger partial charge in [-0.2, -0.15) is 11.8 Å². The van der Waals surface area contributed by atoms with Gasteiger partial charge in [0.15, 0.2) is 0 Å². The summed E-state index contributed by atoms with van der Waals surface area (Å²) < 4.78 is 0. The molecule has 1 aliphatic rings. The zero-order valence-corrected chi connectivity index (χ0v) is 13.2. The highest BCUT2D eigenvalue weighted by Gasteiger charge is 2.18. The van der Waals surface area contributed by atoms with Crippen LogP contribution >= 0.6 is 11.8 Å². The third-order valence-corrected chi connectivity index (χ3v) is 5.00. The third kappa shape index (κ3) is 3.90. The third-order valence-electron chi connectivity index (χ3n) is 3.87. The lowest BCUT2D eigenvalue weighted by Gasteiger charge is -2.33. The maximum atomic E-state index is 6.04. The van der Waals surface area contributed by atoms with Gasteiger partial charge in [0.05, 0.1) is 0 Å². The topological polar surface area (TPSA) is 29.3 Å². The summed E-state index contributed by atoms with van der Waals surface area (Å²) in [5.41, 5.74) is 10.2. The Bertz CT molecular complexity index is 419. The van der Waals surface area contributed by atoms with Gasteiger partial charge in [-0.05, 0) is 37.0 Å². The van der Waals surface area contributed by atoms with E-state index in [1.54, 1.807) is 0 Å². The average Bonchev–Trinajstić information content (AvgIpc) is 2.38. The second kappa shape index (κ2) is 6.67. The molecule has 1 fully saturated rings. The van der Waals surface area contributed by atoms with Crippen LogP contribution in [-0.2, 0) is 6.42 Å². The maximum Gasteiger partial charge on any atom is 0.0396 e. The van der Waals surface area contributed by atoms with Gasteiger partial charge in [0, 0.05) is 35.8 Å². The van der Waals surface area contributed by atoms with Crippen molar-refractivity contribution in [1.29, 1.82) is 0 Å². The average molecular weight is 278 g/mol. The molecule has 3 heteroatoms. The molecule has 1 aromatic rings. The molecule has 106 valence electrons. The quantitative estimate of drug-likeness (QED) is 0.917. The molecule has 2 nitrogen and oxygen atoms in total. The fourth-order valence-electron chi connectivity index (χ4n) is 2.68. The minimum Gasteiger partial charge on any atom is -0.369 e. The fourth-order valence-corrected chi connectivity index (χ4v) is 3.70. The summed E-state index contributed by atoms with van der Waals surface area (Å²) in [4.78, 5) is 2.53. The maximum absolute atomic E-state index is 6.04. The number of hydrogen-bond donors (Lipinski definition) is 1. The summed E-state index contributed by atoms with van der Waals surface area (Å²) >= 11 is 2.08. The largest absolute Gasteiger partial charge is 0.369 e. The minimum atomic E-state index is 0.289. The summed E-state index contributed by atoms with van der Waals surface area (Å²) in [5, 5.41) is 0.737. The van der Waals surface area contributed by atoms with Crippen molar-refractivity contribution in [2.45, 2.75) is 44.9 Å². The standard InChI is InChI=1S/C16H26N2S/c1-4-15(17)10-14-5-6-16(12(2)9-14)18-7-8-19-13(3)11-18/h5-6,9,13,15H,4,7-8,10-11,17H2,1-3H3. The summed E-state index contributed by atoms with van der Waals surface area (Å²) in [6.45, 7) is 9.03. The first-order valence-electron chi connectivity index (χ1n) is 7.31. The monoisotopic (exact) mass is 278 g/mol. The second-order valence-corrected chi connectivity index (χ2v) is 7.17. The van der Waals surface area contributed by atoms with E-state index < -0.39 is 0 Å². The van der Waals surface area contributed by atoms with Gasteiger partial charge >= 0.3 is 0 Å². The molecule has 1 saturated heterocycles. The Morgan fingerprint density at radius 2 is 2.26 bits per heavy atom. The van der Waals surface area contributed by atoms with Gasteiger partial charge in [0.1, 0.15) is 0 Å². The molecule has 19 heavy (non-hydrogen) atoms. The lowest BCUT2D eigenvalue weighted by Crippen LogP contribution is -2.37. The number of aryl methyl sites for hydroxylation is 1. The molecule has 0 amide bonds. The van der Waals surface area contributed by atoms with Crippen molar-refractivity contribution in [2.24, 2.45) is 5.73 Å². The van der Waals surface area contributed by atoms with Crippen molar-refractivity contribution in [3.8, 4) is 0 Å². The molecule has 2 rings (SSSR count). The Hall–Kier alpha value is -0.670. The first-order chi connectivity index (χ1) is 9.10. The van der Waals surface area contributed by atoms with E-state index >= 15 is 0 Å². The van der Waals surface area contributed by atoms with Gasteiger partial charge in [-0.3, -0.25) is 0 Å². The summed E-state index contributed by atoms with van der Waals surface area (Å²) in [5.74, 6) is 1.24. The summed E-state index contributed by atoms with van der Waals surface area (Å²) in [7, 11) is 0. The number of benzene rings is 1. The molecule has 0 radical (unpaired) electrons. The molecular weight excluding hydrogens is 252 g/mol. The van der Waals surface area contributed by atoms with Crippen molar-refractivity contribution >= 4 is 17.4 Å². The number of nitrogens with zero attached hydrogens (tertiary/aromatic N) is 1. The Labute approximate surface area is 121 Å². The molecular formula is C16H26N2S. The first kappa shape index (κ1) is 14.7. The van der Waals surface area contributed by atoms with E-state index in [-0.39, 0.29) is 6.04 Å². The normalized spacial score (nSPS) is 21.5. The number of thioether (sulfide) groups is 1. The SMILES string of the molecule is CCC(N)Cc1ccc(N2CCSC(C)C2)c(C)c1. The van der Waals surface area contributed by atoms with Gasteiger partial charge in [-0.15, -0.1) is 0 Å². The van der Waals surface area contributed by atoms with E-state index in [0.29, 0.717) is 0 Å². The Balaban J connectivity index is 2.10. The van der Waals surface area contributed by atoms with Gasteiger partial charge < -0.3 is 10.6 Å². The number of anilines is 1. The highest BCUT2D eigenvalue weighted by Crippen LogP contribution is 2.27. The zero-order chi connectivity index (χ0) is 13.8. The van der Waals surface area contributed by atoms with Crippen LogP contribution in [0, 0.1) is 6.92 Å². The molecule has 0 bridgehead atoms. The van der Waals surface area contributed by atoms with Crippen molar-refractivity contribution < 1.29 is 0 Å². The lowest BCUT2D eigenvalue weighted by atomic mass is 10.0. The molecule has 1 aliphatic heterocycles. The van der Waals surface area contributed by atoms with Crippen LogP contribution in [0.25, 0.3) is 0 Å². The van der Waals surface area contributed by atoms with Gasteiger partial charge in [0.25, 0.3) is 0 Å². The predicted octanol–water partition coefficient (Wildman–Crippen LogP) is 3.22. The van der Waals surface area contributed by atoms with Crippen LogP contribution in [-0.4, -0.2) is 30.1 Å². The van der Waals surface area contributed by atoms with E-state index in [1.165, 1.54) is 35.7 Å². The van der Waals surface area contributed by atoms with E-state index in [0.717, 1.165) is 18.1 Å². The highest BCUT2D eigenvalue weighted by molar-refractivity contribution is 8.00. The van der Waals surface area contributed by atoms with Gasteiger partial charge in [-0.1, -0.05) is 26.0 Å². The highest BCUT2D eigenvalue weighted by atomic mass is 32.2. The minimum absolute atomic E-state index is 0.289. The van der Waals surface area contributed by atoms with Crippen LogP contribution in [0.4, 0.5) is 5.69 Å². The molecule has 0 spiro atoms. The van der Waals surface area contributed by atoms with Crippen molar-refractivity contribution in [3.63, 3.8) is 0 Å². The number of hydrogen-bond acceptors (Lipinski definition) is 3. The Morgan fingerprint density at radius 3 is 2.89 bits per heavy atom. The van der Waals surface area contributed by atoms with Crippen LogP contribution in [0.15, 0.2) is 18.2 Å². The van der Waals surface area contributed by atoms with Crippen LogP contribution in [0.2, 0.25) is 0 Å². The van der Waals surface area contributed by atoms with E-state index in [9.17, 15) is 0 Å². The van der Waals surface area contributed by atoms with Crippen LogP contribution in [0.3, 0.4) is 0 Å². The zero-order valence-electron chi connectivity index (χ0n) is 12.4. The number of rotatable bonds is 4. The van der Waals surface area contributed by atoms with Crippen molar-refractivity contribution in [3.05, 3.63) is 29.3 Å². The smallest absolute Gasteiger partial charge is 0.0396 e. The van der Waals surface area contributed by atoms with Crippen LogP contribution < -0.4 is 10.6 Å². The molecule has 2 atom stereocenters. The van der Waals surface area contributed by atoms with Crippen molar-refractivity contribution in [2.75, 3.05) is 23.7 Å². The molecule has 2 unspecified atom stereocenters. The van der Waals surface area contributed by atoms with Gasteiger partial charge in [0.2, 0.25) is 0 Å². The molecule has 2 N–H and O–H groups in total.